The topological polar surface area (TPSA) is 64.2 Å². The molecule has 1 atom stereocenters. The highest BCUT2D eigenvalue weighted by atomic mass is 16.2. The van der Waals surface area contributed by atoms with Crippen LogP contribution in [0.3, 0.4) is 0 Å². The normalized spacial score (nSPS) is 20.0. The van der Waals surface area contributed by atoms with Crippen molar-refractivity contribution in [1.82, 2.24) is 9.78 Å². The maximum atomic E-state index is 13.1. The molecule has 1 unspecified atom stereocenters. The van der Waals surface area contributed by atoms with Gasteiger partial charge in [-0.3, -0.25) is 4.79 Å². The summed E-state index contributed by atoms with van der Waals surface area (Å²) >= 11 is 0. The standard InChI is InChI=1S/C18H22N4O/c1-21-11-10-13(12-6-3-5-9-16(12)21)18(23)22-17(19)14-7-2-4-8-15(14)20-22/h3,5-6,9,13H,2,4,7-8,10-11,19H2,1H3. The highest BCUT2D eigenvalue weighted by molar-refractivity contribution is 5.90. The quantitative estimate of drug-likeness (QED) is 0.879. The lowest BCUT2D eigenvalue weighted by atomic mass is 9.89. The first-order valence-corrected chi connectivity index (χ1v) is 8.37. The molecule has 2 N–H and O–H groups in total. The Labute approximate surface area is 136 Å². The molecule has 0 radical (unpaired) electrons. The number of nitrogens with two attached hydrogens (primary N) is 1. The molecule has 0 bridgehead atoms. The summed E-state index contributed by atoms with van der Waals surface area (Å²) in [5.74, 6) is 0.407. The third-order valence-electron chi connectivity index (χ3n) is 5.18. The van der Waals surface area contributed by atoms with E-state index in [1.54, 1.807) is 0 Å². The van der Waals surface area contributed by atoms with E-state index in [1.807, 2.05) is 18.2 Å². The Balaban J connectivity index is 1.73. The Bertz CT molecular complexity index is 764. The van der Waals surface area contributed by atoms with Crippen molar-refractivity contribution in [2.75, 3.05) is 24.2 Å². The molecule has 1 aromatic heterocycles. The molecule has 4 rings (SSSR count). The minimum Gasteiger partial charge on any atom is -0.383 e. The van der Waals surface area contributed by atoms with Crippen molar-refractivity contribution in [3.05, 3.63) is 41.1 Å². The smallest absolute Gasteiger partial charge is 0.256 e. The average Bonchev–Trinajstić information content (AvgIpc) is 2.92. The van der Waals surface area contributed by atoms with Crippen LogP contribution in [0.4, 0.5) is 11.5 Å². The Hall–Kier alpha value is -2.30. The van der Waals surface area contributed by atoms with Gasteiger partial charge in [0.05, 0.1) is 11.6 Å². The maximum Gasteiger partial charge on any atom is 0.256 e. The van der Waals surface area contributed by atoms with Crippen molar-refractivity contribution in [3.63, 3.8) is 0 Å². The van der Waals surface area contributed by atoms with E-state index >= 15 is 0 Å². The zero-order chi connectivity index (χ0) is 16.0. The molecule has 23 heavy (non-hydrogen) atoms. The molecule has 1 aromatic carbocycles. The van der Waals surface area contributed by atoms with Crippen LogP contribution in [0.15, 0.2) is 24.3 Å². The number of benzene rings is 1. The summed E-state index contributed by atoms with van der Waals surface area (Å²) in [6, 6.07) is 8.14. The SMILES string of the molecule is CN1CCC(C(=O)n2nc3c(c2N)CCCC3)c2ccccc21. The number of carbonyl (C=O) groups excluding carboxylic acids is 1. The summed E-state index contributed by atoms with van der Waals surface area (Å²) in [4.78, 5) is 15.3. The molecule has 1 aliphatic carbocycles. The lowest BCUT2D eigenvalue weighted by Crippen LogP contribution is -2.33. The van der Waals surface area contributed by atoms with E-state index in [2.05, 4.69) is 23.1 Å². The van der Waals surface area contributed by atoms with Gasteiger partial charge in [0.25, 0.3) is 5.91 Å². The number of carbonyl (C=O) groups is 1. The predicted molar refractivity (Wildman–Crippen MR) is 91.0 cm³/mol. The van der Waals surface area contributed by atoms with Crippen molar-refractivity contribution in [2.45, 2.75) is 38.0 Å². The second-order valence-electron chi connectivity index (χ2n) is 6.59. The molecule has 0 fully saturated rings. The average molecular weight is 310 g/mol. The van der Waals surface area contributed by atoms with E-state index in [0.29, 0.717) is 5.82 Å². The number of anilines is 2. The van der Waals surface area contributed by atoms with Crippen LogP contribution in [-0.4, -0.2) is 29.3 Å². The molecule has 5 nitrogen and oxygen atoms in total. The van der Waals surface area contributed by atoms with Gasteiger partial charge in [-0.25, -0.2) is 0 Å². The summed E-state index contributed by atoms with van der Waals surface area (Å²) < 4.78 is 1.47. The molecule has 0 saturated heterocycles. The minimum absolute atomic E-state index is 0.0115. The molecule has 5 heteroatoms. The van der Waals surface area contributed by atoms with E-state index in [1.165, 1.54) is 4.68 Å². The van der Waals surface area contributed by atoms with Crippen LogP contribution in [0, 0.1) is 0 Å². The Morgan fingerprint density at radius 1 is 1.26 bits per heavy atom. The molecule has 0 amide bonds. The van der Waals surface area contributed by atoms with Crippen LogP contribution in [0.5, 0.6) is 0 Å². The van der Waals surface area contributed by atoms with Crippen molar-refractivity contribution in [1.29, 1.82) is 0 Å². The molecule has 120 valence electrons. The molecule has 0 saturated carbocycles. The first kappa shape index (κ1) is 14.3. The van der Waals surface area contributed by atoms with Gasteiger partial charge in [0.15, 0.2) is 0 Å². The summed E-state index contributed by atoms with van der Waals surface area (Å²) in [5, 5.41) is 4.55. The lowest BCUT2D eigenvalue weighted by molar-refractivity contribution is 0.0858. The predicted octanol–water partition coefficient (Wildman–Crippen LogP) is 2.61. The van der Waals surface area contributed by atoms with Gasteiger partial charge in [0, 0.05) is 24.8 Å². The van der Waals surface area contributed by atoms with Gasteiger partial charge < -0.3 is 10.6 Å². The first-order valence-electron chi connectivity index (χ1n) is 8.37. The summed E-state index contributed by atoms with van der Waals surface area (Å²) in [5.41, 5.74) is 10.6. The second-order valence-corrected chi connectivity index (χ2v) is 6.59. The van der Waals surface area contributed by atoms with Gasteiger partial charge in [-0.2, -0.15) is 9.78 Å². The molecule has 2 aromatic rings. The van der Waals surface area contributed by atoms with Crippen LogP contribution >= 0.6 is 0 Å². The van der Waals surface area contributed by atoms with E-state index in [9.17, 15) is 4.79 Å². The summed E-state index contributed by atoms with van der Waals surface area (Å²) in [7, 11) is 2.07. The highest BCUT2D eigenvalue weighted by Gasteiger charge is 2.32. The monoisotopic (exact) mass is 310 g/mol. The molecule has 2 heterocycles. The van der Waals surface area contributed by atoms with Crippen LogP contribution in [0.1, 0.15) is 46.8 Å². The van der Waals surface area contributed by atoms with Gasteiger partial charge >= 0.3 is 0 Å². The van der Waals surface area contributed by atoms with Crippen LogP contribution in [0.25, 0.3) is 0 Å². The number of hydrogen-bond acceptors (Lipinski definition) is 4. The zero-order valence-electron chi connectivity index (χ0n) is 13.5. The number of rotatable bonds is 1. The number of aromatic nitrogens is 2. The van der Waals surface area contributed by atoms with Crippen LogP contribution in [0.2, 0.25) is 0 Å². The largest absolute Gasteiger partial charge is 0.383 e. The third-order valence-corrected chi connectivity index (χ3v) is 5.18. The van der Waals surface area contributed by atoms with Gasteiger partial charge in [-0.1, -0.05) is 18.2 Å². The van der Waals surface area contributed by atoms with Crippen molar-refractivity contribution < 1.29 is 4.79 Å². The molecular weight excluding hydrogens is 288 g/mol. The maximum absolute atomic E-state index is 13.1. The first-order chi connectivity index (χ1) is 11.2. The Kier molecular flexibility index (Phi) is 3.36. The van der Waals surface area contributed by atoms with Crippen molar-refractivity contribution >= 4 is 17.4 Å². The fourth-order valence-electron chi connectivity index (χ4n) is 3.88. The number of aryl methyl sites for hydroxylation is 1. The van der Waals surface area contributed by atoms with Gasteiger partial charge in [-0.05, 0) is 43.7 Å². The van der Waals surface area contributed by atoms with E-state index < -0.39 is 0 Å². The molecule has 0 spiro atoms. The molecule has 1 aliphatic heterocycles. The number of fused-ring (bicyclic) bond motifs is 2. The Morgan fingerprint density at radius 2 is 2.04 bits per heavy atom. The summed E-state index contributed by atoms with van der Waals surface area (Å²) in [6.07, 6.45) is 4.95. The van der Waals surface area contributed by atoms with Crippen LogP contribution in [-0.2, 0) is 12.8 Å². The minimum atomic E-state index is -0.161. The van der Waals surface area contributed by atoms with Crippen molar-refractivity contribution in [2.24, 2.45) is 0 Å². The number of hydrogen-bond donors (Lipinski definition) is 1. The van der Waals surface area contributed by atoms with Gasteiger partial charge in [0.1, 0.15) is 5.82 Å². The fourth-order valence-corrected chi connectivity index (χ4v) is 3.88. The van der Waals surface area contributed by atoms with E-state index in [4.69, 9.17) is 5.73 Å². The Morgan fingerprint density at radius 3 is 2.87 bits per heavy atom. The molecular formula is C18H22N4O. The number of nitrogen functional groups attached to an aromatic ring is 1. The third kappa shape index (κ3) is 2.22. The number of nitrogens with zero attached hydrogens (tertiary/aromatic N) is 3. The number of para-hydroxylation sites is 1. The van der Waals surface area contributed by atoms with E-state index in [0.717, 1.165) is 61.2 Å². The molecule has 2 aliphatic rings. The second kappa shape index (κ2) is 5.41. The fraction of sp³-hybridized carbons (Fsp3) is 0.444. The van der Waals surface area contributed by atoms with Gasteiger partial charge in [0.2, 0.25) is 0 Å². The zero-order valence-corrected chi connectivity index (χ0v) is 13.5. The van der Waals surface area contributed by atoms with Crippen molar-refractivity contribution in [3.8, 4) is 0 Å². The van der Waals surface area contributed by atoms with E-state index in [-0.39, 0.29) is 11.8 Å². The van der Waals surface area contributed by atoms with Gasteiger partial charge in [-0.15, -0.1) is 0 Å². The summed E-state index contributed by atoms with van der Waals surface area (Å²) in [6.45, 7) is 0.869. The lowest BCUT2D eigenvalue weighted by Gasteiger charge is -2.32. The van der Waals surface area contributed by atoms with Crippen LogP contribution < -0.4 is 10.6 Å². The highest BCUT2D eigenvalue weighted by Crippen LogP contribution is 2.36.